The number of anilines is 1. The normalized spacial score (nSPS) is 23.7. The number of nitrogens with one attached hydrogen (secondary N) is 1. The molecule has 98 valence electrons. The summed E-state index contributed by atoms with van der Waals surface area (Å²) in [7, 11) is 0. The average Bonchev–Trinajstić information content (AvgIpc) is 2.33. The van der Waals surface area contributed by atoms with Gasteiger partial charge in [0.15, 0.2) is 0 Å². The van der Waals surface area contributed by atoms with Gasteiger partial charge in [-0.1, -0.05) is 24.4 Å². The van der Waals surface area contributed by atoms with Crippen molar-refractivity contribution in [2.45, 2.75) is 31.7 Å². The van der Waals surface area contributed by atoms with Crippen molar-refractivity contribution >= 4 is 45.8 Å². The highest BCUT2D eigenvalue weighted by Gasteiger charge is 2.28. The van der Waals surface area contributed by atoms with Crippen LogP contribution in [0.4, 0.5) is 5.69 Å². The van der Waals surface area contributed by atoms with Crippen molar-refractivity contribution in [2.24, 2.45) is 11.7 Å². The molecule has 2 rings (SSSR count). The van der Waals surface area contributed by atoms with E-state index >= 15 is 0 Å². The lowest BCUT2D eigenvalue weighted by Crippen LogP contribution is -2.40. The average molecular weight is 379 g/mol. The van der Waals surface area contributed by atoms with E-state index in [1.807, 2.05) is 18.2 Å². The number of carbonyl (C=O) groups excluding carboxylic acids is 1. The standard InChI is InChI=1S/C13H16ClIN2O/c14-10-7-8(15)5-6-12(10)17-13(18)9-3-1-2-4-11(9)16/h5-7,9,11H,1-4,16H2,(H,17,18). The quantitative estimate of drug-likeness (QED) is 0.775. The van der Waals surface area contributed by atoms with Crippen LogP contribution in [0, 0.1) is 9.49 Å². The monoisotopic (exact) mass is 378 g/mol. The van der Waals surface area contributed by atoms with Crippen molar-refractivity contribution in [1.29, 1.82) is 0 Å². The molecule has 0 heterocycles. The van der Waals surface area contributed by atoms with Gasteiger partial charge in [0.1, 0.15) is 0 Å². The Morgan fingerprint density at radius 1 is 1.39 bits per heavy atom. The summed E-state index contributed by atoms with van der Waals surface area (Å²) in [6, 6.07) is 5.55. The van der Waals surface area contributed by atoms with Crippen LogP contribution in [0.5, 0.6) is 0 Å². The van der Waals surface area contributed by atoms with Crippen LogP contribution < -0.4 is 11.1 Å². The fourth-order valence-corrected chi connectivity index (χ4v) is 3.20. The van der Waals surface area contributed by atoms with Crippen LogP contribution in [0.1, 0.15) is 25.7 Å². The van der Waals surface area contributed by atoms with E-state index in [-0.39, 0.29) is 17.9 Å². The predicted octanol–water partition coefficient (Wildman–Crippen LogP) is 3.40. The van der Waals surface area contributed by atoms with Crippen molar-refractivity contribution in [3.8, 4) is 0 Å². The summed E-state index contributed by atoms with van der Waals surface area (Å²) >= 11 is 8.28. The number of amides is 1. The lowest BCUT2D eigenvalue weighted by Gasteiger charge is -2.27. The Bertz CT molecular complexity index is 453. The van der Waals surface area contributed by atoms with Crippen molar-refractivity contribution < 1.29 is 4.79 Å². The molecule has 1 aliphatic rings. The molecule has 1 fully saturated rings. The third-order valence-corrected chi connectivity index (χ3v) is 4.33. The third-order valence-electron chi connectivity index (χ3n) is 3.35. The second kappa shape index (κ2) is 6.21. The van der Waals surface area contributed by atoms with E-state index in [1.54, 1.807) is 0 Å². The zero-order valence-corrected chi connectivity index (χ0v) is 12.9. The van der Waals surface area contributed by atoms with Gasteiger partial charge in [0, 0.05) is 9.61 Å². The van der Waals surface area contributed by atoms with E-state index in [2.05, 4.69) is 27.9 Å². The van der Waals surface area contributed by atoms with Crippen molar-refractivity contribution in [2.75, 3.05) is 5.32 Å². The van der Waals surface area contributed by atoms with Crippen molar-refractivity contribution in [1.82, 2.24) is 0 Å². The lowest BCUT2D eigenvalue weighted by atomic mass is 9.84. The molecule has 1 aromatic carbocycles. The van der Waals surface area contributed by atoms with Gasteiger partial charge in [0.2, 0.25) is 5.91 Å². The van der Waals surface area contributed by atoms with Crippen LogP contribution in [0.15, 0.2) is 18.2 Å². The number of hydrogen-bond donors (Lipinski definition) is 2. The van der Waals surface area contributed by atoms with Crippen LogP contribution in [0.2, 0.25) is 5.02 Å². The molecule has 0 bridgehead atoms. The molecule has 1 saturated carbocycles. The number of hydrogen-bond acceptors (Lipinski definition) is 2. The maximum absolute atomic E-state index is 12.2. The number of rotatable bonds is 2. The zero-order chi connectivity index (χ0) is 13.1. The Morgan fingerprint density at radius 3 is 2.78 bits per heavy atom. The summed E-state index contributed by atoms with van der Waals surface area (Å²) in [6.45, 7) is 0. The van der Waals surface area contributed by atoms with Gasteiger partial charge in [0.05, 0.1) is 16.6 Å². The topological polar surface area (TPSA) is 55.1 Å². The van der Waals surface area contributed by atoms with E-state index in [9.17, 15) is 4.79 Å². The van der Waals surface area contributed by atoms with Crippen molar-refractivity contribution in [3.63, 3.8) is 0 Å². The molecule has 5 heteroatoms. The molecule has 3 N–H and O–H groups in total. The molecule has 0 aliphatic heterocycles. The molecule has 1 aromatic rings. The predicted molar refractivity (Wildman–Crippen MR) is 82.7 cm³/mol. The second-order valence-corrected chi connectivity index (χ2v) is 6.32. The van der Waals surface area contributed by atoms with Crippen LogP contribution in [0.25, 0.3) is 0 Å². The first kappa shape index (κ1) is 14.1. The van der Waals surface area contributed by atoms with Gasteiger partial charge in [-0.15, -0.1) is 0 Å². The van der Waals surface area contributed by atoms with E-state index in [0.717, 1.165) is 29.3 Å². The lowest BCUT2D eigenvalue weighted by molar-refractivity contribution is -0.121. The van der Waals surface area contributed by atoms with Gasteiger partial charge < -0.3 is 11.1 Å². The number of halogens is 2. The van der Waals surface area contributed by atoms with E-state index < -0.39 is 0 Å². The summed E-state index contributed by atoms with van der Waals surface area (Å²) in [6.07, 6.45) is 3.99. The molecular weight excluding hydrogens is 363 g/mol. The first-order valence-electron chi connectivity index (χ1n) is 6.09. The smallest absolute Gasteiger partial charge is 0.229 e. The number of nitrogens with two attached hydrogens (primary N) is 1. The van der Waals surface area contributed by atoms with Gasteiger partial charge in [-0.2, -0.15) is 0 Å². The molecule has 2 unspecified atom stereocenters. The molecule has 0 aromatic heterocycles. The zero-order valence-electron chi connectivity index (χ0n) is 9.96. The maximum Gasteiger partial charge on any atom is 0.229 e. The minimum Gasteiger partial charge on any atom is -0.327 e. The van der Waals surface area contributed by atoms with Crippen molar-refractivity contribution in [3.05, 3.63) is 26.8 Å². The largest absolute Gasteiger partial charge is 0.327 e. The van der Waals surface area contributed by atoms with E-state index in [4.69, 9.17) is 17.3 Å². The Balaban J connectivity index is 2.06. The molecule has 18 heavy (non-hydrogen) atoms. The SMILES string of the molecule is NC1CCCCC1C(=O)Nc1ccc(I)cc1Cl. The first-order valence-corrected chi connectivity index (χ1v) is 7.55. The summed E-state index contributed by atoms with van der Waals surface area (Å²) in [5, 5.41) is 3.45. The van der Waals surface area contributed by atoms with E-state index in [0.29, 0.717) is 10.7 Å². The molecule has 0 radical (unpaired) electrons. The van der Waals surface area contributed by atoms with Crippen LogP contribution in [-0.4, -0.2) is 11.9 Å². The number of carbonyl (C=O) groups is 1. The van der Waals surface area contributed by atoms with Gasteiger partial charge >= 0.3 is 0 Å². The Hall–Kier alpha value is -0.330. The molecule has 1 amide bonds. The van der Waals surface area contributed by atoms with Gasteiger partial charge in [-0.3, -0.25) is 4.79 Å². The van der Waals surface area contributed by atoms with E-state index in [1.165, 1.54) is 0 Å². The Morgan fingerprint density at radius 2 is 2.11 bits per heavy atom. The number of benzene rings is 1. The molecule has 1 aliphatic carbocycles. The molecule has 3 nitrogen and oxygen atoms in total. The summed E-state index contributed by atoms with van der Waals surface area (Å²) < 4.78 is 1.05. The fourth-order valence-electron chi connectivity index (χ4n) is 2.30. The molecule has 2 atom stereocenters. The first-order chi connectivity index (χ1) is 8.58. The molecule has 0 spiro atoms. The van der Waals surface area contributed by atoms with Crippen LogP contribution in [0.3, 0.4) is 0 Å². The minimum absolute atomic E-state index is 0.00897. The molecule has 0 saturated heterocycles. The minimum atomic E-state index is -0.0888. The highest BCUT2D eigenvalue weighted by atomic mass is 127. The van der Waals surface area contributed by atoms with Crippen LogP contribution >= 0.6 is 34.2 Å². The van der Waals surface area contributed by atoms with Gasteiger partial charge in [0.25, 0.3) is 0 Å². The third kappa shape index (κ3) is 3.36. The summed E-state index contributed by atoms with van der Waals surface area (Å²) in [5.74, 6) is -0.0978. The highest BCUT2D eigenvalue weighted by molar-refractivity contribution is 14.1. The Labute approximate surface area is 126 Å². The fraction of sp³-hybridized carbons (Fsp3) is 0.462. The Kier molecular flexibility index (Phi) is 4.86. The molecular formula is C13H16ClIN2O. The maximum atomic E-state index is 12.2. The highest BCUT2D eigenvalue weighted by Crippen LogP contribution is 2.27. The van der Waals surface area contributed by atoms with Gasteiger partial charge in [-0.05, 0) is 53.6 Å². The second-order valence-electron chi connectivity index (χ2n) is 4.67. The summed E-state index contributed by atoms with van der Waals surface area (Å²) in [4.78, 5) is 12.2. The van der Waals surface area contributed by atoms with Crippen LogP contribution in [-0.2, 0) is 4.79 Å². The van der Waals surface area contributed by atoms with Gasteiger partial charge in [-0.25, -0.2) is 0 Å². The summed E-state index contributed by atoms with van der Waals surface area (Å²) in [5.41, 5.74) is 6.67.